The Balaban J connectivity index is 1.59. The van der Waals surface area contributed by atoms with E-state index in [4.69, 9.17) is 4.42 Å². The largest absolute Gasteiger partial charge is 0.443 e. The summed E-state index contributed by atoms with van der Waals surface area (Å²) in [6.07, 6.45) is 1.77. The molecule has 8 heteroatoms. The molecule has 0 spiro atoms. The fraction of sp³-hybridized carbons (Fsp3) is 0.583. The summed E-state index contributed by atoms with van der Waals surface area (Å²) < 4.78 is 20.6. The number of halogens is 1. The minimum Gasteiger partial charge on any atom is -0.443 e. The third-order valence-electron chi connectivity index (χ3n) is 5.64. The maximum Gasteiger partial charge on any atom is 0.213 e. The Morgan fingerprint density at radius 2 is 1.91 bits per heavy atom. The van der Waals surface area contributed by atoms with Crippen LogP contribution >= 0.6 is 0 Å². The number of aromatic nitrogens is 1. The van der Waals surface area contributed by atoms with Crippen molar-refractivity contribution in [2.75, 3.05) is 44.2 Å². The van der Waals surface area contributed by atoms with E-state index in [0.29, 0.717) is 30.6 Å². The first-order chi connectivity index (χ1) is 15.3. The van der Waals surface area contributed by atoms with Gasteiger partial charge in [-0.3, -0.25) is 0 Å². The van der Waals surface area contributed by atoms with Crippen LogP contribution in [0.1, 0.15) is 51.8 Å². The SMILES string of the molecule is CCNC(=NCc1ccc(N2CCN(CC)CC2)c(F)c1)NCc1ncc(C(C)(C)C)o1. The van der Waals surface area contributed by atoms with Gasteiger partial charge in [0.15, 0.2) is 5.96 Å². The van der Waals surface area contributed by atoms with Crippen LogP contribution in [0, 0.1) is 5.82 Å². The number of nitrogens with one attached hydrogen (secondary N) is 2. The van der Waals surface area contributed by atoms with Crippen molar-refractivity contribution in [3.63, 3.8) is 0 Å². The zero-order valence-corrected chi connectivity index (χ0v) is 20.0. The van der Waals surface area contributed by atoms with Crippen LogP contribution in [-0.2, 0) is 18.5 Å². The Bertz CT molecular complexity index is 896. The minimum atomic E-state index is -0.185. The van der Waals surface area contributed by atoms with Crippen molar-refractivity contribution in [1.29, 1.82) is 0 Å². The first kappa shape index (κ1) is 24.0. The van der Waals surface area contributed by atoms with Gasteiger partial charge in [0.05, 0.1) is 25.0 Å². The fourth-order valence-electron chi connectivity index (χ4n) is 3.62. The van der Waals surface area contributed by atoms with Crippen molar-refractivity contribution in [3.05, 3.63) is 47.4 Å². The van der Waals surface area contributed by atoms with E-state index in [2.05, 4.69) is 58.1 Å². The Kier molecular flexibility index (Phi) is 8.12. The molecule has 3 rings (SSSR count). The quantitative estimate of drug-likeness (QED) is 0.503. The molecule has 2 heterocycles. The number of rotatable bonds is 7. The molecule has 1 saturated heterocycles. The number of guanidine groups is 1. The predicted molar refractivity (Wildman–Crippen MR) is 128 cm³/mol. The molecule has 0 atom stereocenters. The molecule has 32 heavy (non-hydrogen) atoms. The monoisotopic (exact) mass is 444 g/mol. The normalized spacial score (nSPS) is 15.8. The number of benzene rings is 1. The number of likely N-dealkylation sites (N-methyl/N-ethyl adjacent to an activating group) is 1. The molecule has 0 unspecified atom stereocenters. The van der Waals surface area contributed by atoms with Gasteiger partial charge in [-0.15, -0.1) is 0 Å². The zero-order chi connectivity index (χ0) is 23.1. The topological polar surface area (TPSA) is 68.9 Å². The predicted octanol–water partition coefficient (Wildman–Crippen LogP) is 3.51. The number of piperazine rings is 1. The van der Waals surface area contributed by atoms with Crippen LogP contribution in [0.2, 0.25) is 0 Å². The van der Waals surface area contributed by atoms with Crippen LogP contribution in [0.5, 0.6) is 0 Å². The zero-order valence-electron chi connectivity index (χ0n) is 20.0. The molecular formula is C24H37FN6O. The van der Waals surface area contributed by atoms with E-state index in [-0.39, 0.29) is 11.2 Å². The lowest BCUT2D eigenvalue weighted by molar-refractivity contribution is 0.270. The lowest BCUT2D eigenvalue weighted by Gasteiger charge is -2.35. The molecule has 1 aromatic heterocycles. The smallest absolute Gasteiger partial charge is 0.213 e. The first-order valence-corrected chi connectivity index (χ1v) is 11.5. The molecule has 0 aliphatic carbocycles. The second kappa shape index (κ2) is 10.8. The number of oxazole rings is 1. The average Bonchev–Trinajstić information content (AvgIpc) is 3.26. The van der Waals surface area contributed by atoms with Crippen molar-refractivity contribution < 1.29 is 8.81 Å². The van der Waals surface area contributed by atoms with Gasteiger partial charge in [0.25, 0.3) is 0 Å². The summed E-state index contributed by atoms with van der Waals surface area (Å²) in [5, 5.41) is 6.45. The highest BCUT2D eigenvalue weighted by atomic mass is 19.1. The summed E-state index contributed by atoms with van der Waals surface area (Å²) in [7, 11) is 0. The summed E-state index contributed by atoms with van der Waals surface area (Å²) in [6.45, 7) is 16.7. The minimum absolute atomic E-state index is 0.0797. The Morgan fingerprint density at radius 3 is 2.50 bits per heavy atom. The molecule has 2 N–H and O–H groups in total. The summed E-state index contributed by atoms with van der Waals surface area (Å²) in [4.78, 5) is 13.4. The van der Waals surface area contributed by atoms with Crippen LogP contribution in [0.4, 0.5) is 10.1 Å². The lowest BCUT2D eigenvalue weighted by atomic mass is 9.94. The van der Waals surface area contributed by atoms with Crippen molar-refractivity contribution in [2.45, 2.75) is 53.1 Å². The van der Waals surface area contributed by atoms with E-state index in [1.807, 2.05) is 19.1 Å². The first-order valence-electron chi connectivity index (χ1n) is 11.5. The van der Waals surface area contributed by atoms with Gasteiger partial charge in [-0.25, -0.2) is 14.4 Å². The average molecular weight is 445 g/mol. The maximum absolute atomic E-state index is 14.8. The lowest BCUT2D eigenvalue weighted by Crippen LogP contribution is -2.46. The van der Waals surface area contributed by atoms with Crippen molar-refractivity contribution >= 4 is 11.6 Å². The molecule has 1 aliphatic rings. The van der Waals surface area contributed by atoms with Crippen LogP contribution in [0.25, 0.3) is 0 Å². The van der Waals surface area contributed by atoms with Crippen molar-refractivity contribution in [2.24, 2.45) is 4.99 Å². The van der Waals surface area contributed by atoms with Crippen molar-refractivity contribution in [3.8, 4) is 0 Å². The number of hydrogen-bond donors (Lipinski definition) is 2. The summed E-state index contributed by atoms with van der Waals surface area (Å²) >= 11 is 0. The van der Waals surface area contributed by atoms with Gasteiger partial charge in [-0.05, 0) is 31.2 Å². The van der Waals surface area contributed by atoms with Gasteiger partial charge < -0.3 is 24.9 Å². The second-order valence-electron chi connectivity index (χ2n) is 9.12. The van der Waals surface area contributed by atoms with Crippen LogP contribution in [0.15, 0.2) is 33.8 Å². The standard InChI is InChI=1S/C24H37FN6O/c1-6-26-23(29-17-22-27-16-21(32-22)24(3,4)5)28-15-18-8-9-20(19(25)14-18)31-12-10-30(7-2)11-13-31/h8-9,14,16H,6-7,10-13,15,17H2,1-5H3,(H2,26,28,29). The van der Waals surface area contributed by atoms with Gasteiger partial charge in [-0.2, -0.15) is 0 Å². The van der Waals surface area contributed by atoms with Gasteiger partial charge in [0.1, 0.15) is 11.6 Å². The molecule has 7 nitrogen and oxygen atoms in total. The molecule has 176 valence electrons. The molecule has 2 aromatic rings. The Hall–Kier alpha value is -2.61. The molecule has 0 saturated carbocycles. The van der Waals surface area contributed by atoms with E-state index in [0.717, 1.165) is 50.6 Å². The van der Waals surface area contributed by atoms with E-state index in [1.54, 1.807) is 12.3 Å². The number of hydrogen-bond acceptors (Lipinski definition) is 5. The van der Waals surface area contributed by atoms with E-state index >= 15 is 0 Å². The second-order valence-corrected chi connectivity index (χ2v) is 9.12. The summed E-state index contributed by atoms with van der Waals surface area (Å²) in [6, 6.07) is 5.43. The highest BCUT2D eigenvalue weighted by Crippen LogP contribution is 2.23. The van der Waals surface area contributed by atoms with E-state index in [1.165, 1.54) is 0 Å². The fourth-order valence-corrected chi connectivity index (χ4v) is 3.62. The number of aliphatic imine (C=N–C) groups is 1. The summed E-state index contributed by atoms with van der Waals surface area (Å²) in [5.74, 6) is 1.92. The van der Waals surface area contributed by atoms with E-state index in [9.17, 15) is 4.39 Å². The molecular weight excluding hydrogens is 407 g/mol. The Labute approximate surface area is 191 Å². The Morgan fingerprint density at radius 1 is 1.16 bits per heavy atom. The van der Waals surface area contributed by atoms with Crippen molar-refractivity contribution in [1.82, 2.24) is 20.5 Å². The van der Waals surface area contributed by atoms with Gasteiger partial charge in [0.2, 0.25) is 5.89 Å². The molecule has 1 aliphatic heterocycles. The highest BCUT2D eigenvalue weighted by molar-refractivity contribution is 5.79. The van der Waals surface area contributed by atoms with Crippen LogP contribution in [0.3, 0.4) is 0 Å². The van der Waals surface area contributed by atoms with Gasteiger partial charge >= 0.3 is 0 Å². The van der Waals surface area contributed by atoms with Gasteiger partial charge in [-0.1, -0.05) is 33.8 Å². The molecule has 0 bridgehead atoms. The molecule has 1 fully saturated rings. The number of nitrogens with zero attached hydrogens (tertiary/aromatic N) is 4. The number of anilines is 1. The third-order valence-corrected chi connectivity index (χ3v) is 5.64. The van der Waals surface area contributed by atoms with Gasteiger partial charge in [0, 0.05) is 38.1 Å². The maximum atomic E-state index is 14.8. The molecule has 0 amide bonds. The van der Waals surface area contributed by atoms with Crippen LogP contribution < -0.4 is 15.5 Å². The molecule has 0 radical (unpaired) electrons. The summed E-state index contributed by atoms with van der Waals surface area (Å²) in [5.41, 5.74) is 1.43. The third kappa shape index (κ3) is 6.45. The van der Waals surface area contributed by atoms with E-state index < -0.39 is 0 Å². The van der Waals surface area contributed by atoms with Crippen LogP contribution in [-0.4, -0.2) is 55.1 Å². The molecule has 1 aromatic carbocycles. The highest BCUT2D eigenvalue weighted by Gasteiger charge is 2.20.